The van der Waals surface area contributed by atoms with Crippen molar-refractivity contribution in [1.29, 1.82) is 0 Å². The monoisotopic (exact) mass is 291 g/mol. The number of aliphatic hydroxyl groups excluding tert-OH is 1. The quantitative estimate of drug-likeness (QED) is 0.824. The molecular formula is C16H21NO4. The zero-order valence-corrected chi connectivity index (χ0v) is 12.6. The van der Waals surface area contributed by atoms with Crippen LogP contribution in [0, 0.1) is 0 Å². The van der Waals surface area contributed by atoms with Crippen LogP contribution in [0.2, 0.25) is 0 Å². The Kier molecular flexibility index (Phi) is 4.65. The Labute approximate surface area is 123 Å². The highest BCUT2D eigenvalue weighted by Gasteiger charge is 2.13. The van der Waals surface area contributed by atoms with E-state index in [2.05, 4.69) is 5.32 Å². The third kappa shape index (κ3) is 4.58. The molecule has 0 radical (unpaired) electrons. The molecule has 2 aromatic rings. The van der Waals surface area contributed by atoms with Gasteiger partial charge in [-0.25, -0.2) is 4.79 Å². The Morgan fingerprint density at radius 2 is 2.05 bits per heavy atom. The normalized spacial score (nSPS) is 13.3. The molecule has 114 valence electrons. The standard InChI is InChI=1S/C16H21NO4/c1-16(2,3)17-9-12(18)10-20-13-6-4-5-11-7-8-14(19)21-15(11)13/h4-8,12,17-18H,9-10H2,1-3H3. The zero-order chi connectivity index (χ0) is 15.5. The molecule has 1 aromatic heterocycles. The SMILES string of the molecule is CC(C)(C)NCC(O)COc1cccc2ccc(=O)oc12. The van der Waals surface area contributed by atoms with Gasteiger partial charge < -0.3 is 19.6 Å². The van der Waals surface area contributed by atoms with Crippen LogP contribution < -0.4 is 15.7 Å². The van der Waals surface area contributed by atoms with Gasteiger partial charge in [0.25, 0.3) is 0 Å². The maximum Gasteiger partial charge on any atom is 0.336 e. The molecule has 0 saturated carbocycles. The molecule has 21 heavy (non-hydrogen) atoms. The summed E-state index contributed by atoms with van der Waals surface area (Å²) in [5.41, 5.74) is -0.0813. The summed E-state index contributed by atoms with van der Waals surface area (Å²) in [6.45, 7) is 6.64. The van der Waals surface area contributed by atoms with E-state index < -0.39 is 11.7 Å². The number of hydrogen-bond acceptors (Lipinski definition) is 5. The summed E-state index contributed by atoms with van der Waals surface area (Å²) in [5.74, 6) is 0.458. The largest absolute Gasteiger partial charge is 0.487 e. The van der Waals surface area contributed by atoms with Crippen LogP contribution in [-0.2, 0) is 0 Å². The van der Waals surface area contributed by atoms with E-state index in [1.54, 1.807) is 12.1 Å². The molecule has 0 aliphatic heterocycles. The molecule has 0 aliphatic rings. The maximum atomic E-state index is 11.3. The number of benzene rings is 1. The lowest BCUT2D eigenvalue weighted by atomic mass is 10.1. The Morgan fingerprint density at radius 3 is 2.76 bits per heavy atom. The number of β-amino-alcohol motifs (C(OH)–C–C–N with tert-alkyl or cyclic N) is 1. The van der Waals surface area contributed by atoms with Gasteiger partial charge in [0.15, 0.2) is 11.3 Å². The van der Waals surface area contributed by atoms with Crippen molar-refractivity contribution in [2.45, 2.75) is 32.4 Å². The summed E-state index contributed by atoms with van der Waals surface area (Å²) in [6, 6.07) is 8.43. The van der Waals surface area contributed by atoms with Gasteiger partial charge in [-0.1, -0.05) is 12.1 Å². The molecule has 1 heterocycles. The summed E-state index contributed by atoms with van der Waals surface area (Å²) in [4.78, 5) is 11.3. The van der Waals surface area contributed by atoms with E-state index in [4.69, 9.17) is 9.15 Å². The number of hydrogen-bond donors (Lipinski definition) is 2. The van der Waals surface area contributed by atoms with Crippen molar-refractivity contribution in [1.82, 2.24) is 5.32 Å². The van der Waals surface area contributed by atoms with E-state index in [-0.39, 0.29) is 12.1 Å². The molecule has 0 bridgehead atoms. The third-order valence-corrected chi connectivity index (χ3v) is 2.91. The molecule has 1 unspecified atom stereocenters. The highest BCUT2D eigenvalue weighted by atomic mass is 16.5. The molecule has 0 spiro atoms. The van der Waals surface area contributed by atoms with Crippen LogP contribution in [0.25, 0.3) is 11.0 Å². The van der Waals surface area contributed by atoms with Gasteiger partial charge in [-0.2, -0.15) is 0 Å². The summed E-state index contributed by atoms with van der Waals surface area (Å²) in [6.07, 6.45) is -0.644. The Bertz CT molecular complexity index is 657. The summed E-state index contributed by atoms with van der Waals surface area (Å²) in [7, 11) is 0. The van der Waals surface area contributed by atoms with Crippen LogP contribution in [0.5, 0.6) is 5.75 Å². The van der Waals surface area contributed by atoms with Crippen molar-refractivity contribution in [2.24, 2.45) is 0 Å². The summed E-state index contributed by atoms with van der Waals surface area (Å²) >= 11 is 0. The number of nitrogens with one attached hydrogen (secondary N) is 1. The molecule has 0 fully saturated rings. The summed E-state index contributed by atoms with van der Waals surface area (Å²) < 4.78 is 10.7. The van der Waals surface area contributed by atoms with Gasteiger partial charge in [0.1, 0.15) is 12.7 Å². The molecule has 5 heteroatoms. The fourth-order valence-electron chi connectivity index (χ4n) is 1.85. The minimum atomic E-state index is -0.644. The number of rotatable bonds is 5. The van der Waals surface area contributed by atoms with E-state index in [1.165, 1.54) is 6.07 Å². The zero-order valence-electron chi connectivity index (χ0n) is 12.6. The van der Waals surface area contributed by atoms with Crippen molar-refractivity contribution in [2.75, 3.05) is 13.2 Å². The van der Waals surface area contributed by atoms with Gasteiger partial charge in [-0.05, 0) is 32.9 Å². The van der Waals surface area contributed by atoms with Crippen molar-refractivity contribution < 1.29 is 14.3 Å². The predicted octanol–water partition coefficient (Wildman–Crippen LogP) is 1.92. The number of fused-ring (bicyclic) bond motifs is 1. The Morgan fingerprint density at radius 1 is 1.29 bits per heavy atom. The second kappa shape index (κ2) is 6.28. The fraction of sp³-hybridized carbons (Fsp3) is 0.438. The number of para-hydroxylation sites is 1. The molecule has 0 saturated heterocycles. The van der Waals surface area contributed by atoms with E-state index in [9.17, 15) is 9.90 Å². The Balaban J connectivity index is 2.03. The lowest BCUT2D eigenvalue weighted by Gasteiger charge is -2.23. The van der Waals surface area contributed by atoms with Crippen LogP contribution >= 0.6 is 0 Å². The smallest absolute Gasteiger partial charge is 0.336 e. The number of ether oxygens (including phenoxy) is 1. The van der Waals surface area contributed by atoms with Crippen molar-refractivity contribution in [3.63, 3.8) is 0 Å². The molecule has 0 aliphatic carbocycles. The van der Waals surface area contributed by atoms with Gasteiger partial charge in [-0.3, -0.25) is 0 Å². The van der Waals surface area contributed by atoms with E-state index in [0.29, 0.717) is 17.9 Å². The van der Waals surface area contributed by atoms with Crippen molar-refractivity contribution in [3.05, 3.63) is 40.8 Å². The van der Waals surface area contributed by atoms with Gasteiger partial charge in [0, 0.05) is 23.5 Å². The maximum absolute atomic E-state index is 11.3. The molecule has 2 N–H and O–H groups in total. The summed E-state index contributed by atoms with van der Waals surface area (Å²) in [5, 5.41) is 13.9. The highest BCUT2D eigenvalue weighted by Crippen LogP contribution is 2.24. The van der Waals surface area contributed by atoms with Crippen LogP contribution in [0.3, 0.4) is 0 Å². The Hall–Kier alpha value is -1.85. The topological polar surface area (TPSA) is 71.7 Å². The second-order valence-electron chi connectivity index (χ2n) is 6.02. The van der Waals surface area contributed by atoms with E-state index in [1.807, 2.05) is 32.9 Å². The molecular weight excluding hydrogens is 270 g/mol. The van der Waals surface area contributed by atoms with Crippen molar-refractivity contribution in [3.8, 4) is 5.75 Å². The van der Waals surface area contributed by atoms with Crippen LogP contribution in [0.15, 0.2) is 39.5 Å². The highest BCUT2D eigenvalue weighted by molar-refractivity contribution is 5.82. The fourth-order valence-corrected chi connectivity index (χ4v) is 1.85. The average Bonchev–Trinajstić information content (AvgIpc) is 2.42. The van der Waals surface area contributed by atoms with Gasteiger partial charge >= 0.3 is 5.63 Å². The third-order valence-electron chi connectivity index (χ3n) is 2.91. The first-order valence-corrected chi connectivity index (χ1v) is 6.94. The van der Waals surface area contributed by atoms with Gasteiger partial charge in [-0.15, -0.1) is 0 Å². The first kappa shape index (κ1) is 15.5. The van der Waals surface area contributed by atoms with Crippen LogP contribution in [0.4, 0.5) is 0 Å². The van der Waals surface area contributed by atoms with E-state index in [0.717, 1.165) is 5.39 Å². The molecule has 0 amide bonds. The first-order chi connectivity index (χ1) is 9.85. The van der Waals surface area contributed by atoms with Crippen LogP contribution in [-0.4, -0.2) is 29.9 Å². The van der Waals surface area contributed by atoms with Gasteiger partial charge in [0.2, 0.25) is 0 Å². The predicted molar refractivity (Wildman–Crippen MR) is 81.7 cm³/mol. The van der Waals surface area contributed by atoms with E-state index >= 15 is 0 Å². The van der Waals surface area contributed by atoms with Crippen molar-refractivity contribution >= 4 is 11.0 Å². The lowest BCUT2D eigenvalue weighted by molar-refractivity contribution is 0.100. The number of aliphatic hydroxyl groups is 1. The minimum absolute atomic E-state index is 0.0623. The lowest BCUT2D eigenvalue weighted by Crippen LogP contribution is -2.42. The van der Waals surface area contributed by atoms with Gasteiger partial charge in [0.05, 0.1) is 0 Å². The molecule has 1 atom stereocenters. The van der Waals surface area contributed by atoms with Crippen LogP contribution in [0.1, 0.15) is 20.8 Å². The molecule has 1 aromatic carbocycles. The molecule has 5 nitrogen and oxygen atoms in total. The average molecular weight is 291 g/mol. The molecule has 2 rings (SSSR count). The second-order valence-corrected chi connectivity index (χ2v) is 6.02. The minimum Gasteiger partial charge on any atom is -0.487 e. The first-order valence-electron chi connectivity index (χ1n) is 6.94.